The van der Waals surface area contributed by atoms with Gasteiger partial charge in [-0.1, -0.05) is 6.07 Å². The number of imidazole rings is 1. The minimum atomic E-state index is -0.366. The molecule has 1 aliphatic rings. The average Bonchev–Trinajstić information content (AvgIpc) is 3.44. The van der Waals surface area contributed by atoms with E-state index in [9.17, 15) is 9.18 Å². The van der Waals surface area contributed by atoms with Crippen LogP contribution >= 0.6 is 11.8 Å². The summed E-state index contributed by atoms with van der Waals surface area (Å²) in [7, 11) is 0. The summed E-state index contributed by atoms with van der Waals surface area (Å²) in [5, 5.41) is 0. The molecule has 162 valence electrons. The number of aromatic nitrogens is 4. The van der Waals surface area contributed by atoms with Crippen LogP contribution in [0.25, 0.3) is 22.3 Å². The van der Waals surface area contributed by atoms with Gasteiger partial charge in [-0.15, -0.1) is 11.8 Å². The van der Waals surface area contributed by atoms with Crippen molar-refractivity contribution in [2.24, 2.45) is 0 Å². The first-order chi connectivity index (χ1) is 15.5. The summed E-state index contributed by atoms with van der Waals surface area (Å²) in [6, 6.07) is 10.5. The van der Waals surface area contributed by atoms with Crippen molar-refractivity contribution in [1.29, 1.82) is 0 Å². The molecule has 0 aliphatic carbocycles. The van der Waals surface area contributed by atoms with Crippen molar-refractivity contribution in [1.82, 2.24) is 24.8 Å². The van der Waals surface area contributed by atoms with Gasteiger partial charge in [0.1, 0.15) is 22.9 Å². The van der Waals surface area contributed by atoms with Gasteiger partial charge < -0.3 is 9.88 Å². The first-order valence-electron chi connectivity index (χ1n) is 10.5. The number of hydrogen-bond donors (Lipinski definition) is 1. The van der Waals surface area contributed by atoms with Gasteiger partial charge in [-0.2, -0.15) is 0 Å². The molecule has 3 heterocycles. The Kier molecular flexibility index (Phi) is 5.38. The van der Waals surface area contributed by atoms with E-state index < -0.39 is 0 Å². The fourth-order valence-corrected chi connectivity index (χ4v) is 4.92. The zero-order valence-electron chi connectivity index (χ0n) is 17.8. The lowest BCUT2D eigenvalue weighted by atomic mass is 10.1. The zero-order valence-corrected chi connectivity index (χ0v) is 18.6. The lowest BCUT2D eigenvalue weighted by molar-refractivity contribution is 0.0725. The summed E-state index contributed by atoms with van der Waals surface area (Å²) in [5.41, 5.74) is 3.80. The number of amides is 1. The van der Waals surface area contributed by atoms with Crippen molar-refractivity contribution >= 4 is 28.7 Å². The molecule has 2 aromatic heterocycles. The number of benzene rings is 2. The fraction of sp³-hybridized carbons (Fsp3) is 0.250. The van der Waals surface area contributed by atoms with Crippen molar-refractivity contribution in [2.45, 2.75) is 30.7 Å². The number of aryl methyl sites for hydroxylation is 1. The third-order valence-corrected chi connectivity index (χ3v) is 6.53. The second-order valence-corrected chi connectivity index (χ2v) is 8.75. The SMILES string of the molecule is CSc1cccc2[nH]c(C3CCCN3C(=O)c3nccnc3-c3cc(C)cc(F)c3)nc12. The number of nitrogens with zero attached hydrogens (tertiary/aromatic N) is 4. The first kappa shape index (κ1) is 20.6. The van der Waals surface area contributed by atoms with Crippen LogP contribution in [0.5, 0.6) is 0 Å². The molecule has 0 saturated carbocycles. The van der Waals surface area contributed by atoms with E-state index in [0.717, 1.165) is 40.2 Å². The Bertz CT molecular complexity index is 1300. The van der Waals surface area contributed by atoms with E-state index in [1.54, 1.807) is 16.7 Å². The molecule has 0 radical (unpaired) electrons. The van der Waals surface area contributed by atoms with Crippen LogP contribution in [0.3, 0.4) is 0 Å². The highest BCUT2D eigenvalue weighted by molar-refractivity contribution is 7.98. The number of nitrogens with one attached hydrogen (secondary N) is 1. The Hall–Kier alpha value is -3.26. The van der Waals surface area contributed by atoms with Crippen molar-refractivity contribution in [2.75, 3.05) is 12.8 Å². The maximum Gasteiger partial charge on any atom is 0.275 e. The molecule has 2 aromatic carbocycles. The van der Waals surface area contributed by atoms with Gasteiger partial charge in [-0.3, -0.25) is 9.78 Å². The molecule has 1 amide bonds. The molecule has 5 rings (SSSR count). The van der Waals surface area contributed by atoms with Crippen molar-refractivity contribution in [3.63, 3.8) is 0 Å². The molecule has 1 saturated heterocycles. The third kappa shape index (κ3) is 3.64. The fourth-order valence-electron chi connectivity index (χ4n) is 4.36. The van der Waals surface area contributed by atoms with Gasteiger partial charge in [-0.25, -0.2) is 14.4 Å². The Balaban J connectivity index is 1.53. The molecular weight excluding hydrogens is 425 g/mol. The van der Waals surface area contributed by atoms with Crippen LogP contribution in [0, 0.1) is 12.7 Å². The summed E-state index contributed by atoms with van der Waals surface area (Å²) in [6.07, 6.45) is 6.74. The number of halogens is 1. The van der Waals surface area contributed by atoms with Crippen LogP contribution < -0.4 is 0 Å². The Labute approximate surface area is 189 Å². The van der Waals surface area contributed by atoms with Crippen molar-refractivity contribution in [3.05, 3.63) is 71.7 Å². The van der Waals surface area contributed by atoms with E-state index in [1.165, 1.54) is 24.5 Å². The zero-order chi connectivity index (χ0) is 22.2. The maximum absolute atomic E-state index is 14.0. The summed E-state index contributed by atoms with van der Waals surface area (Å²) in [5.74, 6) is 0.192. The number of para-hydroxylation sites is 1. The largest absolute Gasteiger partial charge is 0.340 e. The number of rotatable bonds is 4. The molecular formula is C24H22FN5OS. The lowest BCUT2D eigenvalue weighted by Gasteiger charge is -2.23. The van der Waals surface area contributed by atoms with Gasteiger partial charge >= 0.3 is 0 Å². The van der Waals surface area contributed by atoms with Gasteiger partial charge in [-0.05, 0) is 61.9 Å². The number of carbonyl (C=O) groups is 1. The minimum Gasteiger partial charge on any atom is -0.340 e. The number of carbonyl (C=O) groups excluding carboxylic acids is 1. The van der Waals surface area contributed by atoms with Gasteiger partial charge in [0.05, 0.1) is 11.6 Å². The van der Waals surface area contributed by atoms with E-state index in [4.69, 9.17) is 4.98 Å². The van der Waals surface area contributed by atoms with E-state index in [1.807, 2.05) is 37.4 Å². The number of H-pyrrole nitrogens is 1. The smallest absolute Gasteiger partial charge is 0.275 e. The Morgan fingerprint density at radius 1 is 1.22 bits per heavy atom. The van der Waals surface area contributed by atoms with Gasteiger partial charge in [0.25, 0.3) is 5.91 Å². The molecule has 32 heavy (non-hydrogen) atoms. The van der Waals surface area contributed by atoms with E-state index >= 15 is 0 Å². The van der Waals surface area contributed by atoms with Crippen molar-refractivity contribution in [3.8, 4) is 11.3 Å². The van der Waals surface area contributed by atoms with E-state index in [-0.39, 0.29) is 23.5 Å². The standard InChI is InChI=1S/C24H22FN5OS/c1-14-11-15(13-16(25)12-14)20-22(27-9-8-26-20)24(31)30-10-4-6-18(30)23-28-17-5-3-7-19(32-2)21(17)29-23/h3,5,7-9,11-13,18H,4,6,10H2,1-2H3,(H,28,29). The third-order valence-electron chi connectivity index (χ3n) is 5.76. The van der Waals surface area contributed by atoms with Crippen LogP contribution in [0.15, 0.2) is 53.7 Å². The molecule has 1 atom stereocenters. The van der Waals surface area contributed by atoms with E-state index in [0.29, 0.717) is 17.8 Å². The molecule has 4 aromatic rings. The van der Waals surface area contributed by atoms with Crippen LogP contribution in [0.4, 0.5) is 4.39 Å². The molecule has 1 unspecified atom stereocenters. The highest BCUT2D eigenvalue weighted by Gasteiger charge is 2.34. The van der Waals surface area contributed by atoms with Crippen LogP contribution in [-0.4, -0.2) is 43.5 Å². The van der Waals surface area contributed by atoms with Gasteiger partial charge in [0.15, 0.2) is 5.69 Å². The number of thioether (sulfide) groups is 1. The number of fused-ring (bicyclic) bond motifs is 1. The van der Waals surface area contributed by atoms with Crippen LogP contribution in [0.1, 0.15) is 40.8 Å². The van der Waals surface area contributed by atoms with Crippen molar-refractivity contribution < 1.29 is 9.18 Å². The molecule has 0 spiro atoms. The topological polar surface area (TPSA) is 74.8 Å². The van der Waals surface area contributed by atoms with Crippen LogP contribution in [0.2, 0.25) is 0 Å². The second kappa shape index (κ2) is 8.35. The summed E-state index contributed by atoms with van der Waals surface area (Å²) >= 11 is 1.65. The Morgan fingerprint density at radius 2 is 2.06 bits per heavy atom. The predicted octanol–water partition coefficient (Wildman–Crippen LogP) is 5.17. The summed E-state index contributed by atoms with van der Waals surface area (Å²) in [4.78, 5) is 33.5. The maximum atomic E-state index is 14.0. The first-order valence-corrected chi connectivity index (χ1v) is 11.7. The summed E-state index contributed by atoms with van der Waals surface area (Å²) < 4.78 is 14.0. The quantitative estimate of drug-likeness (QED) is 0.437. The van der Waals surface area contributed by atoms with Gasteiger partial charge in [0.2, 0.25) is 0 Å². The Morgan fingerprint density at radius 3 is 2.88 bits per heavy atom. The second-order valence-electron chi connectivity index (χ2n) is 7.91. The number of aromatic amines is 1. The summed E-state index contributed by atoms with van der Waals surface area (Å²) in [6.45, 7) is 2.42. The lowest BCUT2D eigenvalue weighted by Crippen LogP contribution is -2.32. The molecule has 6 nitrogen and oxygen atoms in total. The minimum absolute atomic E-state index is 0.172. The molecule has 1 fully saturated rings. The predicted molar refractivity (Wildman–Crippen MR) is 123 cm³/mol. The monoisotopic (exact) mass is 447 g/mol. The molecule has 1 N–H and O–H groups in total. The molecule has 1 aliphatic heterocycles. The highest BCUT2D eigenvalue weighted by Crippen LogP contribution is 2.35. The normalized spacial score (nSPS) is 16.1. The number of likely N-dealkylation sites (tertiary alicyclic amines) is 1. The molecule has 0 bridgehead atoms. The average molecular weight is 448 g/mol. The highest BCUT2D eigenvalue weighted by atomic mass is 32.2. The van der Waals surface area contributed by atoms with Gasteiger partial charge in [0, 0.05) is 29.4 Å². The number of hydrogen-bond acceptors (Lipinski definition) is 5. The van der Waals surface area contributed by atoms with Crippen LogP contribution in [-0.2, 0) is 0 Å². The molecule has 8 heteroatoms. The van der Waals surface area contributed by atoms with E-state index in [2.05, 4.69) is 15.0 Å².